The molecule has 6 nitrogen and oxygen atoms in total. The van der Waals surface area contributed by atoms with E-state index in [0.29, 0.717) is 22.3 Å². The van der Waals surface area contributed by atoms with Crippen LogP contribution in [-0.2, 0) is 0 Å². The van der Waals surface area contributed by atoms with E-state index in [-0.39, 0.29) is 5.91 Å². The molecule has 2 aromatic heterocycles. The summed E-state index contributed by atoms with van der Waals surface area (Å²) in [7, 11) is 0. The summed E-state index contributed by atoms with van der Waals surface area (Å²) in [6, 6.07) is 0. The maximum Gasteiger partial charge on any atom is 0.268 e. The summed E-state index contributed by atoms with van der Waals surface area (Å²) in [6.45, 7) is 3.60. The first-order valence-corrected chi connectivity index (χ1v) is 7.54. The van der Waals surface area contributed by atoms with Gasteiger partial charge in [-0.1, -0.05) is 18.0 Å². The predicted octanol–water partition coefficient (Wildman–Crippen LogP) is 3.05. The molecule has 1 fully saturated rings. The third-order valence-electron chi connectivity index (χ3n) is 3.61. The number of rotatable bonds is 3. The van der Waals surface area contributed by atoms with Gasteiger partial charge in [-0.05, 0) is 31.8 Å². The van der Waals surface area contributed by atoms with Gasteiger partial charge in [-0.15, -0.1) is 11.3 Å². The van der Waals surface area contributed by atoms with Gasteiger partial charge < -0.3 is 5.32 Å². The van der Waals surface area contributed by atoms with Crippen molar-refractivity contribution in [2.45, 2.75) is 45.4 Å². The Morgan fingerprint density at radius 2 is 2.00 bits per heavy atom. The van der Waals surface area contributed by atoms with Crippen LogP contribution in [0.3, 0.4) is 0 Å². The van der Waals surface area contributed by atoms with E-state index in [0.717, 1.165) is 10.7 Å². The smallest absolute Gasteiger partial charge is 0.268 e. The van der Waals surface area contributed by atoms with Crippen LogP contribution in [0.25, 0.3) is 0 Å². The number of carbonyl (C=O) groups is 1. The van der Waals surface area contributed by atoms with Gasteiger partial charge in [0.15, 0.2) is 0 Å². The van der Waals surface area contributed by atoms with Gasteiger partial charge in [-0.3, -0.25) is 4.79 Å². The Morgan fingerprint density at radius 3 is 2.65 bits per heavy atom. The molecule has 1 amide bonds. The molecule has 1 N–H and O–H groups in total. The second-order valence-electron chi connectivity index (χ2n) is 5.10. The van der Waals surface area contributed by atoms with Gasteiger partial charge in [0.1, 0.15) is 10.6 Å². The van der Waals surface area contributed by atoms with E-state index in [1.54, 1.807) is 6.92 Å². The van der Waals surface area contributed by atoms with Crippen molar-refractivity contribution in [1.29, 1.82) is 0 Å². The highest BCUT2D eigenvalue weighted by atomic mass is 32.1. The van der Waals surface area contributed by atoms with E-state index in [1.807, 2.05) is 6.92 Å². The number of hydrogen-bond acceptors (Lipinski definition) is 6. The van der Waals surface area contributed by atoms with Gasteiger partial charge in [-0.2, -0.15) is 0 Å². The average molecular weight is 292 g/mol. The zero-order valence-electron chi connectivity index (χ0n) is 11.5. The topological polar surface area (TPSA) is 80.9 Å². The molecule has 0 spiro atoms. The molecule has 0 aliphatic heterocycles. The summed E-state index contributed by atoms with van der Waals surface area (Å²) in [5.41, 5.74) is 1.35. The number of nitrogens with zero attached hydrogens (tertiary/aromatic N) is 3. The number of amides is 1. The highest BCUT2D eigenvalue weighted by molar-refractivity contribution is 7.14. The molecule has 2 heterocycles. The quantitative estimate of drug-likeness (QED) is 0.940. The minimum atomic E-state index is -0.192. The predicted molar refractivity (Wildman–Crippen MR) is 75.0 cm³/mol. The second-order valence-corrected chi connectivity index (χ2v) is 6.13. The van der Waals surface area contributed by atoms with Crippen molar-refractivity contribution >= 4 is 23.1 Å². The minimum absolute atomic E-state index is 0.192. The number of thiazole rings is 1. The van der Waals surface area contributed by atoms with Gasteiger partial charge >= 0.3 is 0 Å². The lowest BCUT2D eigenvalue weighted by molar-refractivity contribution is 0.102. The standard InChI is InChI=1S/C13H16N4O2S/c1-7-10(12(18)15-11-8(2)16-19-17-11)20-13(14-7)9-5-3-4-6-9/h9H,3-6H2,1-2H3,(H,15,17,18). The summed E-state index contributed by atoms with van der Waals surface area (Å²) in [4.78, 5) is 17.5. The number of anilines is 1. The first kappa shape index (κ1) is 13.2. The summed E-state index contributed by atoms with van der Waals surface area (Å²) >= 11 is 1.49. The largest absolute Gasteiger partial charge is 0.301 e. The fourth-order valence-electron chi connectivity index (χ4n) is 2.48. The van der Waals surface area contributed by atoms with Gasteiger partial charge in [0.2, 0.25) is 5.82 Å². The van der Waals surface area contributed by atoms with Gasteiger partial charge in [0.05, 0.1) is 10.7 Å². The summed E-state index contributed by atoms with van der Waals surface area (Å²) in [5.74, 6) is 0.698. The third kappa shape index (κ3) is 2.45. The number of carbonyl (C=O) groups excluding carboxylic acids is 1. The molecule has 0 aromatic carbocycles. The Bertz CT molecular complexity index is 628. The van der Waals surface area contributed by atoms with Crippen molar-refractivity contribution in [3.8, 4) is 0 Å². The molecule has 3 rings (SSSR count). The van der Waals surface area contributed by atoms with Crippen LogP contribution in [0.5, 0.6) is 0 Å². The minimum Gasteiger partial charge on any atom is -0.301 e. The van der Waals surface area contributed by atoms with Crippen molar-refractivity contribution in [3.05, 3.63) is 21.3 Å². The maximum atomic E-state index is 12.3. The maximum absolute atomic E-state index is 12.3. The Labute approximate surface area is 120 Å². The summed E-state index contributed by atoms with van der Waals surface area (Å²) in [6.07, 6.45) is 4.88. The molecule has 1 aliphatic carbocycles. The van der Waals surface area contributed by atoms with E-state index >= 15 is 0 Å². The molecule has 0 atom stereocenters. The Balaban J connectivity index is 1.79. The van der Waals surface area contributed by atoms with E-state index < -0.39 is 0 Å². The fraction of sp³-hybridized carbons (Fsp3) is 0.538. The van der Waals surface area contributed by atoms with Gasteiger partial charge in [0, 0.05) is 5.92 Å². The van der Waals surface area contributed by atoms with Crippen LogP contribution in [0.15, 0.2) is 4.63 Å². The molecule has 2 aromatic rings. The second kappa shape index (κ2) is 5.32. The number of aromatic nitrogens is 3. The van der Waals surface area contributed by atoms with Crippen LogP contribution in [-0.4, -0.2) is 21.2 Å². The van der Waals surface area contributed by atoms with E-state index in [4.69, 9.17) is 0 Å². The Morgan fingerprint density at radius 1 is 1.25 bits per heavy atom. The molecule has 0 unspecified atom stereocenters. The molecule has 0 bridgehead atoms. The van der Waals surface area contributed by atoms with E-state index in [1.165, 1.54) is 37.0 Å². The van der Waals surface area contributed by atoms with E-state index in [2.05, 4.69) is 25.2 Å². The highest BCUT2D eigenvalue weighted by Crippen LogP contribution is 2.37. The molecule has 0 saturated heterocycles. The normalized spacial score (nSPS) is 15.7. The van der Waals surface area contributed by atoms with Crippen molar-refractivity contribution in [1.82, 2.24) is 15.3 Å². The first-order chi connectivity index (χ1) is 9.65. The zero-order chi connectivity index (χ0) is 14.1. The molecule has 0 radical (unpaired) electrons. The summed E-state index contributed by atoms with van der Waals surface area (Å²) in [5, 5.41) is 11.1. The SMILES string of the molecule is Cc1nonc1NC(=O)c1sc(C2CCCC2)nc1C. The molecule has 1 saturated carbocycles. The Kier molecular flexibility index (Phi) is 3.52. The lowest BCUT2D eigenvalue weighted by Gasteiger charge is -2.02. The monoisotopic (exact) mass is 292 g/mol. The molecule has 7 heteroatoms. The van der Waals surface area contributed by atoms with Crippen LogP contribution in [0, 0.1) is 13.8 Å². The van der Waals surface area contributed by atoms with Crippen molar-refractivity contribution in [2.24, 2.45) is 0 Å². The third-order valence-corrected chi connectivity index (χ3v) is 4.93. The highest BCUT2D eigenvalue weighted by Gasteiger charge is 2.24. The van der Waals surface area contributed by atoms with Crippen LogP contribution >= 0.6 is 11.3 Å². The van der Waals surface area contributed by atoms with Crippen molar-refractivity contribution in [3.63, 3.8) is 0 Å². The first-order valence-electron chi connectivity index (χ1n) is 6.73. The number of aryl methyl sites for hydroxylation is 2. The van der Waals surface area contributed by atoms with Gasteiger partial charge in [0.25, 0.3) is 5.91 Å². The Hall–Kier alpha value is -1.76. The van der Waals surface area contributed by atoms with Crippen LogP contribution in [0.4, 0.5) is 5.82 Å². The molecular formula is C13H16N4O2S. The molecular weight excluding hydrogens is 276 g/mol. The van der Waals surface area contributed by atoms with Crippen molar-refractivity contribution in [2.75, 3.05) is 5.32 Å². The van der Waals surface area contributed by atoms with Gasteiger partial charge in [-0.25, -0.2) is 9.61 Å². The lowest BCUT2D eigenvalue weighted by atomic mass is 10.1. The fourth-order valence-corrected chi connectivity index (χ4v) is 3.62. The average Bonchev–Trinajstić information content (AvgIpc) is 3.11. The summed E-state index contributed by atoms with van der Waals surface area (Å²) < 4.78 is 4.57. The van der Waals surface area contributed by atoms with Crippen LogP contribution < -0.4 is 5.32 Å². The molecule has 20 heavy (non-hydrogen) atoms. The molecule has 106 valence electrons. The zero-order valence-corrected chi connectivity index (χ0v) is 12.3. The lowest BCUT2D eigenvalue weighted by Crippen LogP contribution is -2.12. The molecule has 1 aliphatic rings. The van der Waals surface area contributed by atoms with Crippen LogP contribution in [0.1, 0.15) is 57.7 Å². The van der Waals surface area contributed by atoms with Crippen LogP contribution in [0.2, 0.25) is 0 Å². The van der Waals surface area contributed by atoms with E-state index in [9.17, 15) is 4.79 Å². The number of nitrogens with one attached hydrogen (secondary N) is 1. The number of hydrogen-bond donors (Lipinski definition) is 1. The van der Waals surface area contributed by atoms with Crippen molar-refractivity contribution < 1.29 is 9.42 Å².